The topological polar surface area (TPSA) is 32.3 Å². The standard InChI is InChI=1S/C10H14ClNO/c1-8-3-4-9(11)7-10(8)12-5-2-6-13/h3-4,7,12-13H,2,5-6H2,1H3. The van der Waals surface area contributed by atoms with Crippen LogP contribution in [0, 0.1) is 6.92 Å². The van der Waals surface area contributed by atoms with Crippen LogP contribution < -0.4 is 5.32 Å². The fraction of sp³-hybridized carbons (Fsp3) is 0.400. The van der Waals surface area contributed by atoms with Crippen LogP contribution in [0.15, 0.2) is 18.2 Å². The highest BCUT2D eigenvalue weighted by Gasteiger charge is 1.97. The summed E-state index contributed by atoms with van der Waals surface area (Å²) in [6.07, 6.45) is 0.756. The van der Waals surface area contributed by atoms with E-state index in [-0.39, 0.29) is 6.61 Å². The maximum absolute atomic E-state index is 8.60. The van der Waals surface area contributed by atoms with Crippen molar-refractivity contribution in [2.75, 3.05) is 18.5 Å². The number of hydrogen-bond acceptors (Lipinski definition) is 2. The molecule has 0 heterocycles. The third-order valence-corrected chi connectivity index (χ3v) is 2.09. The molecule has 0 bridgehead atoms. The van der Waals surface area contributed by atoms with E-state index in [2.05, 4.69) is 5.32 Å². The predicted octanol–water partition coefficient (Wildman–Crippen LogP) is 2.44. The molecule has 0 amide bonds. The Balaban J connectivity index is 2.59. The zero-order chi connectivity index (χ0) is 9.68. The monoisotopic (exact) mass is 199 g/mol. The second-order valence-electron chi connectivity index (χ2n) is 2.96. The third-order valence-electron chi connectivity index (χ3n) is 1.85. The molecule has 0 saturated heterocycles. The van der Waals surface area contributed by atoms with Gasteiger partial charge in [-0.1, -0.05) is 17.7 Å². The number of halogens is 1. The number of nitrogens with one attached hydrogen (secondary N) is 1. The normalized spacial score (nSPS) is 10.1. The molecule has 1 aromatic carbocycles. The number of anilines is 1. The summed E-state index contributed by atoms with van der Waals surface area (Å²) in [7, 11) is 0. The molecule has 0 unspecified atom stereocenters. The molecular formula is C10H14ClNO. The van der Waals surface area contributed by atoms with Crippen molar-refractivity contribution in [3.8, 4) is 0 Å². The van der Waals surface area contributed by atoms with E-state index in [0.29, 0.717) is 0 Å². The van der Waals surface area contributed by atoms with Gasteiger partial charge in [-0.05, 0) is 31.0 Å². The van der Waals surface area contributed by atoms with E-state index in [1.807, 2.05) is 25.1 Å². The Morgan fingerprint density at radius 2 is 2.23 bits per heavy atom. The summed E-state index contributed by atoms with van der Waals surface area (Å²) in [5, 5.41) is 12.5. The lowest BCUT2D eigenvalue weighted by Gasteiger charge is -2.08. The quantitative estimate of drug-likeness (QED) is 0.731. The minimum absolute atomic E-state index is 0.215. The number of aliphatic hydroxyl groups is 1. The molecule has 0 aliphatic heterocycles. The first-order valence-electron chi connectivity index (χ1n) is 4.35. The summed E-state index contributed by atoms with van der Waals surface area (Å²) in [6.45, 7) is 3.02. The molecule has 0 fully saturated rings. The van der Waals surface area contributed by atoms with Crippen LogP contribution in [-0.2, 0) is 0 Å². The van der Waals surface area contributed by atoms with Crippen molar-refractivity contribution < 1.29 is 5.11 Å². The predicted molar refractivity (Wildman–Crippen MR) is 56.4 cm³/mol. The van der Waals surface area contributed by atoms with Crippen LogP contribution in [0.2, 0.25) is 5.02 Å². The molecule has 2 N–H and O–H groups in total. The minimum Gasteiger partial charge on any atom is -0.396 e. The molecule has 72 valence electrons. The van der Waals surface area contributed by atoms with Crippen molar-refractivity contribution in [1.29, 1.82) is 0 Å². The maximum atomic E-state index is 8.60. The van der Waals surface area contributed by atoms with E-state index in [9.17, 15) is 0 Å². The highest BCUT2D eigenvalue weighted by molar-refractivity contribution is 6.30. The summed E-state index contributed by atoms with van der Waals surface area (Å²) in [5.41, 5.74) is 2.21. The van der Waals surface area contributed by atoms with Crippen molar-refractivity contribution in [2.24, 2.45) is 0 Å². The molecule has 1 rings (SSSR count). The number of rotatable bonds is 4. The van der Waals surface area contributed by atoms with Gasteiger partial charge in [-0.3, -0.25) is 0 Å². The zero-order valence-corrected chi connectivity index (χ0v) is 8.43. The molecule has 1 aromatic rings. The Morgan fingerprint density at radius 3 is 2.92 bits per heavy atom. The lowest BCUT2D eigenvalue weighted by Crippen LogP contribution is -2.04. The van der Waals surface area contributed by atoms with Crippen LogP contribution in [0.3, 0.4) is 0 Å². The third kappa shape index (κ3) is 3.25. The van der Waals surface area contributed by atoms with Crippen molar-refractivity contribution in [1.82, 2.24) is 0 Å². The summed E-state index contributed by atoms with van der Waals surface area (Å²) >= 11 is 5.84. The molecule has 2 nitrogen and oxygen atoms in total. The first-order valence-corrected chi connectivity index (χ1v) is 4.72. The minimum atomic E-state index is 0.215. The Labute approximate surface area is 83.5 Å². The molecule has 0 atom stereocenters. The maximum Gasteiger partial charge on any atom is 0.0447 e. The van der Waals surface area contributed by atoms with Crippen LogP contribution in [0.5, 0.6) is 0 Å². The first kappa shape index (κ1) is 10.4. The van der Waals surface area contributed by atoms with Crippen molar-refractivity contribution in [2.45, 2.75) is 13.3 Å². The van der Waals surface area contributed by atoms with Gasteiger partial charge in [-0.25, -0.2) is 0 Å². The highest BCUT2D eigenvalue weighted by Crippen LogP contribution is 2.19. The van der Waals surface area contributed by atoms with E-state index < -0.39 is 0 Å². The molecule has 3 heteroatoms. The van der Waals surface area contributed by atoms with Crippen LogP contribution >= 0.6 is 11.6 Å². The number of aryl methyl sites for hydroxylation is 1. The van der Waals surface area contributed by atoms with Crippen LogP contribution in [0.4, 0.5) is 5.69 Å². The SMILES string of the molecule is Cc1ccc(Cl)cc1NCCCO. The molecule has 13 heavy (non-hydrogen) atoms. The summed E-state index contributed by atoms with van der Waals surface area (Å²) in [6, 6.07) is 5.74. The van der Waals surface area contributed by atoms with E-state index >= 15 is 0 Å². The van der Waals surface area contributed by atoms with Gasteiger partial charge in [-0.15, -0.1) is 0 Å². The first-order chi connectivity index (χ1) is 6.24. The number of hydrogen-bond donors (Lipinski definition) is 2. The summed E-state index contributed by atoms with van der Waals surface area (Å²) < 4.78 is 0. The lowest BCUT2D eigenvalue weighted by atomic mass is 10.2. The molecule has 0 aromatic heterocycles. The second-order valence-corrected chi connectivity index (χ2v) is 3.40. The van der Waals surface area contributed by atoms with E-state index in [1.165, 1.54) is 5.56 Å². The van der Waals surface area contributed by atoms with Crippen LogP contribution in [0.25, 0.3) is 0 Å². The summed E-state index contributed by atoms with van der Waals surface area (Å²) in [5.74, 6) is 0. The molecule has 0 spiro atoms. The van der Waals surface area contributed by atoms with E-state index in [1.54, 1.807) is 0 Å². The van der Waals surface area contributed by atoms with Crippen molar-refractivity contribution in [3.05, 3.63) is 28.8 Å². The van der Waals surface area contributed by atoms with Gasteiger partial charge in [0, 0.05) is 23.9 Å². The van der Waals surface area contributed by atoms with Gasteiger partial charge in [-0.2, -0.15) is 0 Å². The van der Waals surface area contributed by atoms with Gasteiger partial charge >= 0.3 is 0 Å². The van der Waals surface area contributed by atoms with Gasteiger partial charge in [0.25, 0.3) is 0 Å². The lowest BCUT2D eigenvalue weighted by molar-refractivity contribution is 0.292. The van der Waals surface area contributed by atoms with Gasteiger partial charge in [0.1, 0.15) is 0 Å². The fourth-order valence-electron chi connectivity index (χ4n) is 1.09. The van der Waals surface area contributed by atoms with Gasteiger partial charge in [0.15, 0.2) is 0 Å². The van der Waals surface area contributed by atoms with Crippen LogP contribution in [0.1, 0.15) is 12.0 Å². The molecular weight excluding hydrogens is 186 g/mol. The Bertz CT molecular complexity index is 276. The summed E-state index contributed by atoms with van der Waals surface area (Å²) in [4.78, 5) is 0. The van der Waals surface area contributed by atoms with Gasteiger partial charge < -0.3 is 10.4 Å². The fourth-order valence-corrected chi connectivity index (χ4v) is 1.26. The molecule has 0 radical (unpaired) electrons. The highest BCUT2D eigenvalue weighted by atomic mass is 35.5. The second kappa shape index (κ2) is 5.10. The Hall–Kier alpha value is -0.730. The molecule has 0 saturated carbocycles. The largest absolute Gasteiger partial charge is 0.396 e. The van der Waals surface area contributed by atoms with Gasteiger partial charge in [0.05, 0.1) is 0 Å². The molecule has 0 aliphatic rings. The van der Waals surface area contributed by atoms with E-state index in [0.717, 1.165) is 23.7 Å². The average molecular weight is 200 g/mol. The zero-order valence-electron chi connectivity index (χ0n) is 7.68. The van der Waals surface area contributed by atoms with Gasteiger partial charge in [0.2, 0.25) is 0 Å². The smallest absolute Gasteiger partial charge is 0.0447 e. The average Bonchev–Trinajstić information content (AvgIpc) is 2.11. The number of aliphatic hydroxyl groups excluding tert-OH is 1. The van der Waals surface area contributed by atoms with E-state index in [4.69, 9.17) is 16.7 Å². The van der Waals surface area contributed by atoms with Crippen LogP contribution in [-0.4, -0.2) is 18.3 Å². The Morgan fingerprint density at radius 1 is 1.46 bits per heavy atom. The Kier molecular flexibility index (Phi) is 4.06. The van der Waals surface area contributed by atoms with Crippen molar-refractivity contribution >= 4 is 17.3 Å². The van der Waals surface area contributed by atoms with Crippen molar-refractivity contribution in [3.63, 3.8) is 0 Å². The number of benzene rings is 1. The molecule has 0 aliphatic carbocycles.